The van der Waals surface area contributed by atoms with Gasteiger partial charge in [0.1, 0.15) is 12.3 Å². The van der Waals surface area contributed by atoms with Gasteiger partial charge in [0.15, 0.2) is 11.2 Å². The van der Waals surface area contributed by atoms with Crippen LogP contribution in [0.1, 0.15) is 18.2 Å². The van der Waals surface area contributed by atoms with Gasteiger partial charge in [-0.15, -0.1) is 0 Å². The highest BCUT2D eigenvalue weighted by molar-refractivity contribution is 5.72. The molecule has 0 unspecified atom stereocenters. The number of aromatic nitrogens is 4. The summed E-state index contributed by atoms with van der Waals surface area (Å²) in [6, 6.07) is 4.46. The van der Waals surface area contributed by atoms with Crippen LogP contribution in [0, 0.1) is 0 Å². The number of aliphatic hydroxyl groups is 2. The van der Waals surface area contributed by atoms with Crippen LogP contribution in [0.3, 0.4) is 0 Å². The molecule has 3 aromatic rings. The molecule has 3 atom stereocenters. The van der Waals surface area contributed by atoms with Gasteiger partial charge < -0.3 is 20.3 Å². The van der Waals surface area contributed by atoms with Crippen LogP contribution in [0.4, 0.5) is 24.8 Å². The number of H-pyrrole nitrogens is 1. The van der Waals surface area contributed by atoms with Gasteiger partial charge in [0, 0.05) is 12.1 Å². The highest BCUT2D eigenvalue weighted by atomic mass is 19.4. The third-order valence-electron chi connectivity index (χ3n) is 4.58. The SMILES string of the molecule is O=c1[nH]c(Nc2cccc(C(F)(F)F)c2)nc2c1ncn2[C@H]1C[C@H](O)[C@@H](CO)O1. The van der Waals surface area contributed by atoms with Crippen LogP contribution in [-0.4, -0.2) is 48.5 Å². The molecular formula is C17H16F3N5O4. The Morgan fingerprint density at radius 1 is 1.38 bits per heavy atom. The number of hydrogen-bond donors (Lipinski definition) is 4. The van der Waals surface area contributed by atoms with Crippen molar-refractivity contribution in [2.45, 2.75) is 31.0 Å². The number of benzene rings is 1. The third kappa shape index (κ3) is 3.69. The van der Waals surface area contributed by atoms with Crippen LogP contribution in [0.25, 0.3) is 11.2 Å². The standard InChI is InChI=1S/C17H16F3N5O4/c18-17(19,20)8-2-1-3-9(4-8)22-16-23-14-13(15(28)24-16)21-7-25(14)12-5-10(27)11(6-26)29-12/h1-4,7,10-12,26-27H,5-6H2,(H2,22,23,24,28)/t10-,11+,12+/m0/s1. The second-order valence-corrected chi connectivity index (χ2v) is 6.56. The van der Waals surface area contributed by atoms with Crippen molar-refractivity contribution in [3.63, 3.8) is 0 Å². The van der Waals surface area contributed by atoms with Gasteiger partial charge in [-0.2, -0.15) is 18.2 Å². The molecule has 0 aliphatic carbocycles. The summed E-state index contributed by atoms with van der Waals surface area (Å²) in [7, 11) is 0. The van der Waals surface area contributed by atoms with Crippen LogP contribution in [0.15, 0.2) is 35.4 Å². The van der Waals surface area contributed by atoms with Gasteiger partial charge in [-0.25, -0.2) is 4.98 Å². The van der Waals surface area contributed by atoms with Gasteiger partial charge in [0.25, 0.3) is 5.56 Å². The molecule has 29 heavy (non-hydrogen) atoms. The number of nitrogens with one attached hydrogen (secondary N) is 2. The molecule has 0 amide bonds. The first-order chi connectivity index (χ1) is 13.8. The summed E-state index contributed by atoms with van der Waals surface area (Å²) >= 11 is 0. The first kappa shape index (κ1) is 19.4. The zero-order valence-electron chi connectivity index (χ0n) is 14.7. The van der Waals surface area contributed by atoms with E-state index in [4.69, 9.17) is 4.74 Å². The van der Waals surface area contributed by atoms with Crippen molar-refractivity contribution in [2.24, 2.45) is 0 Å². The lowest BCUT2D eigenvalue weighted by Gasteiger charge is -2.14. The normalized spacial score (nSPS) is 22.3. The summed E-state index contributed by atoms with van der Waals surface area (Å²) in [5.41, 5.74) is -1.23. The number of hydrogen-bond acceptors (Lipinski definition) is 7. The minimum Gasteiger partial charge on any atom is -0.394 e. The molecule has 0 saturated carbocycles. The lowest BCUT2D eigenvalue weighted by molar-refractivity contribution is -0.137. The fourth-order valence-corrected chi connectivity index (χ4v) is 3.16. The van der Waals surface area contributed by atoms with Crippen LogP contribution >= 0.6 is 0 Å². The second-order valence-electron chi connectivity index (χ2n) is 6.56. The molecule has 0 spiro atoms. The number of nitrogens with zero attached hydrogens (tertiary/aromatic N) is 3. The van der Waals surface area contributed by atoms with Crippen molar-refractivity contribution in [1.29, 1.82) is 0 Å². The van der Waals surface area contributed by atoms with E-state index in [9.17, 15) is 28.2 Å². The van der Waals surface area contributed by atoms with Gasteiger partial charge in [-0.3, -0.25) is 14.3 Å². The minimum atomic E-state index is -4.51. The van der Waals surface area contributed by atoms with Crippen molar-refractivity contribution in [1.82, 2.24) is 19.5 Å². The molecule has 12 heteroatoms. The van der Waals surface area contributed by atoms with Crippen LogP contribution in [-0.2, 0) is 10.9 Å². The van der Waals surface area contributed by atoms with E-state index in [1.165, 1.54) is 23.0 Å². The molecule has 1 aliphatic heterocycles. The second kappa shape index (κ2) is 7.13. The number of alkyl halides is 3. The third-order valence-corrected chi connectivity index (χ3v) is 4.58. The van der Waals surface area contributed by atoms with Crippen molar-refractivity contribution in [2.75, 3.05) is 11.9 Å². The average Bonchev–Trinajstić information content (AvgIpc) is 3.24. The lowest BCUT2D eigenvalue weighted by atomic mass is 10.2. The fourth-order valence-electron chi connectivity index (χ4n) is 3.16. The Bertz CT molecular complexity index is 1100. The molecule has 154 valence electrons. The topological polar surface area (TPSA) is 125 Å². The van der Waals surface area contributed by atoms with E-state index >= 15 is 0 Å². The Kier molecular flexibility index (Phi) is 4.76. The monoisotopic (exact) mass is 411 g/mol. The Hall–Kier alpha value is -2.96. The van der Waals surface area contributed by atoms with Crippen LogP contribution < -0.4 is 10.9 Å². The molecule has 1 fully saturated rings. The molecule has 4 rings (SSSR count). The summed E-state index contributed by atoms with van der Waals surface area (Å²) < 4.78 is 45.7. The zero-order chi connectivity index (χ0) is 20.8. The average molecular weight is 411 g/mol. The molecule has 1 aliphatic rings. The van der Waals surface area contributed by atoms with Gasteiger partial charge in [0.2, 0.25) is 5.95 Å². The number of anilines is 2. The summed E-state index contributed by atoms with van der Waals surface area (Å²) in [6.45, 7) is -0.374. The highest BCUT2D eigenvalue weighted by Gasteiger charge is 2.35. The summed E-state index contributed by atoms with van der Waals surface area (Å²) in [5, 5.41) is 21.8. The van der Waals surface area contributed by atoms with Crippen molar-refractivity contribution in [3.8, 4) is 0 Å². The van der Waals surface area contributed by atoms with Crippen LogP contribution in [0.2, 0.25) is 0 Å². The Morgan fingerprint density at radius 3 is 2.86 bits per heavy atom. The maximum absolute atomic E-state index is 12.9. The molecule has 0 bridgehead atoms. The van der Waals surface area contributed by atoms with E-state index in [-0.39, 0.29) is 35.8 Å². The molecule has 0 radical (unpaired) electrons. The minimum absolute atomic E-state index is 0.00475. The van der Waals surface area contributed by atoms with Gasteiger partial charge in [-0.05, 0) is 18.2 Å². The van der Waals surface area contributed by atoms with Crippen molar-refractivity contribution in [3.05, 3.63) is 46.5 Å². The van der Waals surface area contributed by atoms with Crippen molar-refractivity contribution >= 4 is 22.8 Å². The van der Waals surface area contributed by atoms with Gasteiger partial charge >= 0.3 is 6.18 Å². The lowest BCUT2D eigenvalue weighted by Crippen LogP contribution is -2.24. The van der Waals surface area contributed by atoms with E-state index in [0.29, 0.717) is 0 Å². The molecule has 4 N–H and O–H groups in total. The number of imidazole rings is 1. The number of ether oxygens (including phenoxy) is 1. The maximum Gasteiger partial charge on any atom is 0.416 e. The number of rotatable bonds is 4. The Morgan fingerprint density at radius 2 is 2.17 bits per heavy atom. The summed E-state index contributed by atoms with van der Waals surface area (Å²) in [6.07, 6.45) is -5.41. The molecule has 1 aromatic carbocycles. The predicted octanol–water partition coefficient (Wildman–Crippen LogP) is 1.52. The largest absolute Gasteiger partial charge is 0.416 e. The maximum atomic E-state index is 12.9. The molecule has 2 aromatic heterocycles. The predicted molar refractivity (Wildman–Crippen MR) is 94.5 cm³/mol. The van der Waals surface area contributed by atoms with E-state index in [1.807, 2.05) is 0 Å². The number of halogens is 3. The summed E-state index contributed by atoms with van der Waals surface area (Å²) in [4.78, 5) is 23.0. The summed E-state index contributed by atoms with van der Waals surface area (Å²) in [5.74, 6) is -0.0826. The van der Waals surface area contributed by atoms with E-state index in [1.54, 1.807) is 0 Å². The van der Waals surface area contributed by atoms with Gasteiger partial charge in [0.05, 0.1) is 24.6 Å². The first-order valence-corrected chi connectivity index (χ1v) is 8.62. The number of fused-ring (bicyclic) bond motifs is 1. The number of aliphatic hydroxyl groups excluding tert-OH is 2. The zero-order valence-corrected chi connectivity index (χ0v) is 14.7. The van der Waals surface area contributed by atoms with E-state index < -0.39 is 35.7 Å². The Balaban J connectivity index is 1.68. The van der Waals surface area contributed by atoms with Crippen LogP contribution in [0.5, 0.6) is 0 Å². The first-order valence-electron chi connectivity index (χ1n) is 8.62. The van der Waals surface area contributed by atoms with Gasteiger partial charge in [-0.1, -0.05) is 6.07 Å². The van der Waals surface area contributed by atoms with E-state index in [2.05, 4.69) is 20.3 Å². The number of aromatic amines is 1. The fraction of sp³-hybridized carbons (Fsp3) is 0.353. The van der Waals surface area contributed by atoms with E-state index in [0.717, 1.165) is 12.1 Å². The Labute approximate surface area is 160 Å². The smallest absolute Gasteiger partial charge is 0.394 e. The molecule has 3 heterocycles. The molecule has 9 nitrogen and oxygen atoms in total. The quantitative estimate of drug-likeness (QED) is 0.513. The van der Waals surface area contributed by atoms with Crippen molar-refractivity contribution < 1.29 is 28.1 Å². The molecular weight excluding hydrogens is 395 g/mol. The highest BCUT2D eigenvalue weighted by Crippen LogP contribution is 2.32. The molecule has 1 saturated heterocycles.